The van der Waals surface area contributed by atoms with E-state index in [9.17, 15) is 0 Å². The molecule has 108 valence electrons. The number of aromatic nitrogens is 1. The number of pyridine rings is 1. The van der Waals surface area contributed by atoms with Gasteiger partial charge in [-0.25, -0.2) is 4.98 Å². The Hall–Kier alpha value is -0.900. The molecule has 0 aliphatic rings. The monoisotopic (exact) mass is 282 g/mol. The molecule has 0 saturated heterocycles. The Bertz CT molecular complexity index is 370. The fraction of sp³-hybridized carbons (Fsp3) is 0.667. The number of hydrogen-bond donors (Lipinski definition) is 1. The molecular weight excluding hydrogens is 256 g/mol. The van der Waals surface area contributed by atoms with Crippen molar-refractivity contribution >= 4 is 17.6 Å². The van der Waals surface area contributed by atoms with E-state index in [2.05, 4.69) is 30.4 Å². The van der Waals surface area contributed by atoms with Gasteiger partial charge >= 0.3 is 0 Å². The van der Waals surface area contributed by atoms with Gasteiger partial charge in [0.15, 0.2) is 11.6 Å². The van der Waals surface area contributed by atoms with E-state index in [1.54, 1.807) is 6.20 Å². The third-order valence-electron chi connectivity index (χ3n) is 3.43. The third-order valence-corrected chi connectivity index (χ3v) is 5.02. The molecular formula is C15H26N2OS. The van der Waals surface area contributed by atoms with Gasteiger partial charge in [0.05, 0.1) is 6.10 Å². The van der Waals surface area contributed by atoms with Crippen molar-refractivity contribution in [2.45, 2.75) is 51.4 Å². The van der Waals surface area contributed by atoms with E-state index in [-0.39, 0.29) is 10.9 Å². The summed E-state index contributed by atoms with van der Waals surface area (Å²) in [5.74, 6) is 1.68. The topological polar surface area (TPSA) is 34.2 Å². The van der Waals surface area contributed by atoms with Crippen molar-refractivity contribution in [3.05, 3.63) is 18.3 Å². The Morgan fingerprint density at radius 2 is 2.05 bits per heavy atom. The second kappa shape index (κ2) is 7.63. The van der Waals surface area contributed by atoms with Crippen LogP contribution in [-0.4, -0.2) is 28.6 Å². The molecule has 0 aromatic carbocycles. The zero-order chi connectivity index (χ0) is 14.3. The van der Waals surface area contributed by atoms with Crippen LogP contribution in [-0.2, 0) is 0 Å². The van der Waals surface area contributed by atoms with Crippen LogP contribution in [0.2, 0.25) is 0 Å². The molecule has 0 spiro atoms. The van der Waals surface area contributed by atoms with Crippen LogP contribution in [0.25, 0.3) is 0 Å². The maximum Gasteiger partial charge on any atom is 0.168 e. The van der Waals surface area contributed by atoms with Gasteiger partial charge in [0, 0.05) is 17.5 Å². The highest BCUT2D eigenvalue weighted by Gasteiger charge is 2.25. The summed E-state index contributed by atoms with van der Waals surface area (Å²) >= 11 is 1.93. The Kier molecular flexibility index (Phi) is 6.49. The van der Waals surface area contributed by atoms with Gasteiger partial charge in [-0.15, -0.1) is 0 Å². The van der Waals surface area contributed by atoms with Gasteiger partial charge in [0.1, 0.15) is 0 Å². The minimum absolute atomic E-state index is 0.160. The highest BCUT2D eigenvalue weighted by Crippen LogP contribution is 2.32. The molecule has 19 heavy (non-hydrogen) atoms. The van der Waals surface area contributed by atoms with Crippen molar-refractivity contribution < 1.29 is 4.74 Å². The van der Waals surface area contributed by atoms with Crippen LogP contribution in [0.3, 0.4) is 0 Å². The summed E-state index contributed by atoms with van der Waals surface area (Å²) in [5, 5.41) is 3.46. The van der Waals surface area contributed by atoms with Gasteiger partial charge in [-0.2, -0.15) is 11.8 Å². The molecule has 0 amide bonds. The molecule has 0 atom stereocenters. The maximum atomic E-state index is 5.78. The van der Waals surface area contributed by atoms with Crippen LogP contribution in [0.4, 0.5) is 5.82 Å². The zero-order valence-electron chi connectivity index (χ0n) is 12.7. The lowest BCUT2D eigenvalue weighted by molar-refractivity contribution is 0.243. The lowest BCUT2D eigenvalue weighted by Gasteiger charge is -2.30. The van der Waals surface area contributed by atoms with Crippen LogP contribution >= 0.6 is 11.8 Å². The van der Waals surface area contributed by atoms with Crippen molar-refractivity contribution in [2.75, 3.05) is 18.1 Å². The molecule has 1 rings (SSSR count). The number of rotatable bonds is 8. The largest absolute Gasteiger partial charge is 0.487 e. The fourth-order valence-electron chi connectivity index (χ4n) is 1.98. The smallest absolute Gasteiger partial charge is 0.168 e. The van der Waals surface area contributed by atoms with Crippen molar-refractivity contribution in [1.29, 1.82) is 0 Å². The predicted octanol–water partition coefficient (Wildman–Crippen LogP) is 4.20. The first kappa shape index (κ1) is 16.2. The van der Waals surface area contributed by atoms with Gasteiger partial charge in [0.2, 0.25) is 0 Å². The van der Waals surface area contributed by atoms with E-state index in [0.717, 1.165) is 31.0 Å². The Labute approximate surface area is 121 Å². The summed E-state index contributed by atoms with van der Waals surface area (Å²) in [7, 11) is 0. The van der Waals surface area contributed by atoms with E-state index < -0.39 is 0 Å². The quantitative estimate of drug-likeness (QED) is 0.775. The van der Waals surface area contributed by atoms with Crippen LogP contribution in [0.1, 0.15) is 40.5 Å². The highest BCUT2D eigenvalue weighted by atomic mass is 32.2. The van der Waals surface area contributed by atoms with Crippen molar-refractivity contribution in [3.8, 4) is 5.75 Å². The second-order valence-corrected chi connectivity index (χ2v) is 6.24. The van der Waals surface area contributed by atoms with E-state index in [4.69, 9.17) is 4.74 Å². The van der Waals surface area contributed by atoms with Crippen molar-refractivity contribution in [2.24, 2.45) is 0 Å². The van der Waals surface area contributed by atoms with Crippen LogP contribution in [0.15, 0.2) is 18.3 Å². The zero-order valence-corrected chi connectivity index (χ0v) is 13.5. The summed E-state index contributed by atoms with van der Waals surface area (Å²) in [6.07, 6.45) is 6.43. The summed E-state index contributed by atoms with van der Waals surface area (Å²) in [6, 6.07) is 3.87. The average Bonchev–Trinajstić information content (AvgIpc) is 2.42. The Morgan fingerprint density at radius 3 is 2.58 bits per heavy atom. The third kappa shape index (κ3) is 4.60. The first-order chi connectivity index (χ1) is 9.06. The second-order valence-electron chi connectivity index (χ2n) is 4.96. The van der Waals surface area contributed by atoms with Gasteiger partial charge < -0.3 is 10.1 Å². The van der Waals surface area contributed by atoms with Crippen LogP contribution in [0, 0.1) is 0 Å². The van der Waals surface area contributed by atoms with Crippen molar-refractivity contribution in [3.63, 3.8) is 0 Å². The van der Waals surface area contributed by atoms with Crippen molar-refractivity contribution in [1.82, 2.24) is 4.98 Å². The van der Waals surface area contributed by atoms with E-state index in [0.29, 0.717) is 0 Å². The normalized spacial score (nSPS) is 11.7. The Balaban J connectivity index is 2.76. The molecule has 0 saturated carbocycles. The van der Waals surface area contributed by atoms with Gasteiger partial charge in [-0.1, -0.05) is 13.8 Å². The first-order valence-electron chi connectivity index (χ1n) is 6.97. The first-order valence-corrected chi connectivity index (χ1v) is 8.20. The molecule has 0 aliphatic heterocycles. The molecule has 1 N–H and O–H groups in total. The lowest BCUT2D eigenvalue weighted by Crippen LogP contribution is -2.32. The minimum Gasteiger partial charge on any atom is -0.487 e. The Morgan fingerprint density at radius 1 is 1.37 bits per heavy atom. The standard InChI is InChI=1S/C15H26N2OS/c1-6-15(7-2,19-5)11-17-14-13(18-12(3)4)9-8-10-16-14/h8-10,12H,6-7,11H2,1-5H3,(H,16,17). The molecule has 0 aliphatic carbocycles. The minimum atomic E-state index is 0.160. The molecule has 1 aromatic heterocycles. The number of nitrogens with zero attached hydrogens (tertiary/aromatic N) is 1. The number of nitrogens with one attached hydrogen (secondary N) is 1. The van der Waals surface area contributed by atoms with Gasteiger partial charge in [0.25, 0.3) is 0 Å². The average molecular weight is 282 g/mol. The number of ether oxygens (including phenoxy) is 1. The fourth-order valence-corrected chi connectivity index (χ4v) is 2.77. The van der Waals surface area contributed by atoms with Gasteiger partial charge in [-0.05, 0) is 45.1 Å². The van der Waals surface area contributed by atoms with E-state index >= 15 is 0 Å². The summed E-state index contributed by atoms with van der Waals surface area (Å²) < 4.78 is 6.05. The molecule has 3 nitrogen and oxygen atoms in total. The van der Waals surface area contributed by atoms with Gasteiger partial charge in [-0.3, -0.25) is 0 Å². The summed E-state index contributed by atoms with van der Waals surface area (Å²) in [4.78, 5) is 4.39. The number of hydrogen-bond acceptors (Lipinski definition) is 4. The van der Waals surface area contributed by atoms with E-state index in [1.165, 1.54) is 0 Å². The molecule has 1 heterocycles. The summed E-state index contributed by atoms with van der Waals surface area (Å²) in [6.45, 7) is 9.45. The predicted molar refractivity (Wildman–Crippen MR) is 85.3 cm³/mol. The highest BCUT2D eigenvalue weighted by molar-refractivity contribution is 8.00. The molecule has 0 fully saturated rings. The molecule has 0 unspecified atom stereocenters. The molecule has 4 heteroatoms. The van der Waals surface area contributed by atoms with Crippen LogP contribution in [0.5, 0.6) is 5.75 Å². The number of thioether (sulfide) groups is 1. The lowest BCUT2D eigenvalue weighted by atomic mass is 10.0. The SMILES string of the molecule is CCC(CC)(CNc1ncccc1OC(C)C)SC. The summed E-state index contributed by atoms with van der Waals surface area (Å²) in [5.41, 5.74) is 0. The molecule has 0 radical (unpaired) electrons. The number of anilines is 1. The van der Waals surface area contributed by atoms with E-state index in [1.807, 2.05) is 37.7 Å². The maximum absolute atomic E-state index is 5.78. The molecule has 1 aromatic rings. The molecule has 0 bridgehead atoms. The van der Waals surface area contributed by atoms with Crippen LogP contribution < -0.4 is 10.1 Å².